The van der Waals surface area contributed by atoms with Gasteiger partial charge >= 0.3 is 0 Å². The van der Waals surface area contributed by atoms with Gasteiger partial charge in [-0.3, -0.25) is 0 Å². The lowest BCUT2D eigenvalue weighted by Gasteiger charge is -2.37. The molecule has 2 aliphatic rings. The van der Waals surface area contributed by atoms with Gasteiger partial charge in [0.25, 0.3) is 0 Å². The van der Waals surface area contributed by atoms with Gasteiger partial charge < -0.3 is 28.8 Å². The Morgan fingerprint density at radius 1 is 0.707 bits per heavy atom. The van der Waals surface area contributed by atoms with Gasteiger partial charge in [0, 0.05) is 0 Å². The van der Waals surface area contributed by atoms with Crippen LogP contribution < -0.4 is 0 Å². The van der Waals surface area contributed by atoms with E-state index in [-0.39, 0.29) is 6.61 Å². The van der Waals surface area contributed by atoms with Crippen molar-refractivity contribution in [1.82, 2.24) is 0 Å². The number of aliphatic hydroxyl groups is 1. The van der Waals surface area contributed by atoms with Crippen molar-refractivity contribution in [3.8, 4) is 0 Å². The van der Waals surface area contributed by atoms with Crippen molar-refractivity contribution in [2.24, 2.45) is 0 Å². The standard InChI is InChI=1S/C35H36O6/c1-34(2)40-31-30(39-33(32(31)41-34)37-23-25-15-7-3-8-16-25)29(36)24-38-35(26-17-9-4-10-18-26,27-19-11-5-12-20-27)28-21-13-6-14-22-28/h3-22,29-33,36H,23-24H2,1-2H3/t29-,30-,31+,32-,33+/m1/s1. The van der Waals surface area contributed by atoms with Crippen LogP contribution in [0.5, 0.6) is 0 Å². The second-order valence-electron chi connectivity index (χ2n) is 11.0. The topological polar surface area (TPSA) is 66.4 Å². The largest absolute Gasteiger partial charge is 0.388 e. The zero-order chi connectivity index (χ0) is 28.3. The van der Waals surface area contributed by atoms with Crippen molar-refractivity contribution in [3.05, 3.63) is 144 Å². The summed E-state index contributed by atoms with van der Waals surface area (Å²) in [6.45, 7) is 4.08. The highest BCUT2D eigenvalue weighted by Crippen LogP contribution is 2.43. The summed E-state index contributed by atoms with van der Waals surface area (Å²) < 4.78 is 31.7. The van der Waals surface area contributed by atoms with Gasteiger partial charge in [-0.2, -0.15) is 0 Å². The van der Waals surface area contributed by atoms with Crippen LogP contribution in [-0.2, 0) is 35.9 Å². The average molecular weight is 553 g/mol. The van der Waals surface area contributed by atoms with Crippen molar-refractivity contribution in [1.29, 1.82) is 0 Å². The van der Waals surface area contributed by atoms with Crippen LogP contribution >= 0.6 is 0 Å². The molecule has 2 fully saturated rings. The predicted octanol–water partition coefficient (Wildman–Crippen LogP) is 5.82. The summed E-state index contributed by atoms with van der Waals surface area (Å²) in [5.41, 5.74) is 2.94. The molecule has 6 heteroatoms. The molecule has 0 aromatic heterocycles. The summed E-state index contributed by atoms with van der Waals surface area (Å²) in [5.74, 6) is -0.825. The second kappa shape index (κ2) is 11.9. The fourth-order valence-corrected chi connectivity index (χ4v) is 5.86. The third-order valence-corrected chi connectivity index (χ3v) is 7.69. The van der Waals surface area contributed by atoms with Gasteiger partial charge in [0.15, 0.2) is 12.1 Å². The van der Waals surface area contributed by atoms with Gasteiger partial charge in [-0.05, 0) is 36.1 Å². The first kappa shape index (κ1) is 27.8. The number of aliphatic hydroxyl groups excluding tert-OH is 1. The van der Waals surface area contributed by atoms with Gasteiger partial charge in [-0.1, -0.05) is 121 Å². The van der Waals surface area contributed by atoms with E-state index in [9.17, 15) is 5.11 Å². The number of hydrogen-bond acceptors (Lipinski definition) is 6. The minimum Gasteiger partial charge on any atom is -0.388 e. The molecule has 0 bridgehead atoms. The lowest BCUT2D eigenvalue weighted by Crippen LogP contribution is -2.44. The zero-order valence-electron chi connectivity index (χ0n) is 23.3. The van der Waals surface area contributed by atoms with Crippen molar-refractivity contribution >= 4 is 0 Å². The van der Waals surface area contributed by atoms with Crippen LogP contribution in [0.3, 0.4) is 0 Å². The Kier molecular flexibility index (Phi) is 8.04. The Labute approximate surface area is 241 Å². The van der Waals surface area contributed by atoms with Crippen LogP contribution in [0.1, 0.15) is 36.1 Å². The van der Waals surface area contributed by atoms with Crippen molar-refractivity contribution in [2.45, 2.75) is 62.5 Å². The molecule has 0 radical (unpaired) electrons. The minimum atomic E-state index is -1.01. The van der Waals surface area contributed by atoms with Gasteiger partial charge in [-0.15, -0.1) is 0 Å². The molecule has 0 aliphatic carbocycles. The summed E-state index contributed by atoms with van der Waals surface area (Å²) in [5, 5.41) is 11.6. The summed E-state index contributed by atoms with van der Waals surface area (Å²) in [7, 11) is 0. The van der Waals surface area contributed by atoms with Crippen molar-refractivity contribution in [2.75, 3.05) is 6.61 Å². The first-order valence-corrected chi connectivity index (χ1v) is 14.1. The van der Waals surface area contributed by atoms with E-state index in [0.29, 0.717) is 6.61 Å². The summed E-state index contributed by atoms with van der Waals surface area (Å²) in [6.07, 6.45) is -3.40. The zero-order valence-corrected chi connectivity index (χ0v) is 23.3. The lowest BCUT2D eigenvalue weighted by molar-refractivity contribution is -0.249. The molecule has 0 amide bonds. The Bertz CT molecular complexity index is 1280. The molecule has 6 rings (SSSR count). The third-order valence-electron chi connectivity index (χ3n) is 7.69. The van der Waals surface area contributed by atoms with E-state index < -0.39 is 42.1 Å². The van der Waals surface area contributed by atoms with E-state index in [2.05, 4.69) is 36.4 Å². The highest BCUT2D eigenvalue weighted by Gasteiger charge is 2.58. The molecule has 0 spiro atoms. The highest BCUT2D eigenvalue weighted by molar-refractivity contribution is 5.47. The average Bonchev–Trinajstić information content (AvgIpc) is 3.51. The maximum absolute atomic E-state index is 11.6. The maximum Gasteiger partial charge on any atom is 0.187 e. The van der Waals surface area contributed by atoms with Crippen LogP contribution in [-0.4, -0.2) is 48.2 Å². The molecule has 5 atom stereocenters. The van der Waals surface area contributed by atoms with Crippen LogP contribution in [0, 0.1) is 0 Å². The fourth-order valence-electron chi connectivity index (χ4n) is 5.86. The van der Waals surface area contributed by atoms with Crippen LogP contribution in [0.25, 0.3) is 0 Å². The van der Waals surface area contributed by atoms with E-state index in [0.717, 1.165) is 22.3 Å². The van der Waals surface area contributed by atoms with E-state index >= 15 is 0 Å². The first-order chi connectivity index (χ1) is 20.0. The van der Waals surface area contributed by atoms with Gasteiger partial charge in [0.1, 0.15) is 30.0 Å². The first-order valence-electron chi connectivity index (χ1n) is 14.1. The van der Waals surface area contributed by atoms with E-state index in [1.165, 1.54) is 0 Å². The Morgan fingerprint density at radius 3 is 1.68 bits per heavy atom. The molecule has 4 aromatic carbocycles. The number of hydrogen-bond donors (Lipinski definition) is 1. The number of rotatable bonds is 10. The SMILES string of the molecule is CC1(C)O[C@@H]2[C@@H](O1)[C@@H](OCc1ccccc1)O[C@@H]2[C@H](O)COC(c1ccccc1)(c1ccccc1)c1ccccc1. The summed E-state index contributed by atoms with van der Waals surface area (Å²) >= 11 is 0. The predicted molar refractivity (Wildman–Crippen MR) is 155 cm³/mol. The van der Waals surface area contributed by atoms with E-state index in [4.69, 9.17) is 23.7 Å². The minimum absolute atomic E-state index is 0.0121. The molecule has 212 valence electrons. The molecule has 6 nitrogen and oxygen atoms in total. The second-order valence-corrected chi connectivity index (χ2v) is 11.0. The molecule has 1 N–H and O–H groups in total. The van der Waals surface area contributed by atoms with Gasteiger partial charge in [0.05, 0.1) is 13.2 Å². The molecular formula is C35H36O6. The Morgan fingerprint density at radius 2 is 1.17 bits per heavy atom. The van der Waals surface area contributed by atoms with Gasteiger partial charge in [0.2, 0.25) is 0 Å². The number of fused-ring (bicyclic) bond motifs is 1. The molecular weight excluding hydrogens is 516 g/mol. The molecule has 0 unspecified atom stereocenters. The van der Waals surface area contributed by atoms with Crippen LogP contribution in [0.4, 0.5) is 0 Å². The smallest absolute Gasteiger partial charge is 0.187 e. The molecule has 2 saturated heterocycles. The van der Waals surface area contributed by atoms with E-state index in [1.807, 2.05) is 98.8 Å². The van der Waals surface area contributed by atoms with E-state index in [1.54, 1.807) is 0 Å². The monoisotopic (exact) mass is 552 g/mol. The summed E-state index contributed by atoms with van der Waals surface area (Å²) in [6, 6.07) is 40.2. The van der Waals surface area contributed by atoms with Crippen LogP contribution in [0.2, 0.25) is 0 Å². The maximum atomic E-state index is 11.6. The van der Waals surface area contributed by atoms with Gasteiger partial charge in [-0.25, -0.2) is 0 Å². The molecule has 41 heavy (non-hydrogen) atoms. The Balaban J connectivity index is 1.28. The van der Waals surface area contributed by atoms with Crippen molar-refractivity contribution < 1.29 is 28.8 Å². The normalized spacial score (nSPS) is 24.2. The molecule has 4 aromatic rings. The fraction of sp³-hybridized carbons (Fsp3) is 0.314. The molecule has 2 aliphatic heterocycles. The highest BCUT2D eigenvalue weighted by atomic mass is 16.8. The summed E-state index contributed by atoms with van der Waals surface area (Å²) in [4.78, 5) is 0. The third kappa shape index (κ3) is 5.72. The number of benzene rings is 4. The quantitative estimate of drug-likeness (QED) is 0.250. The lowest BCUT2D eigenvalue weighted by atomic mass is 9.80. The Hall–Kier alpha value is -3.36. The molecule has 2 heterocycles. The number of ether oxygens (including phenoxy) is 5. The van der Waals surface area contributed by atoms with Crippen molar-refractivity contribution in [3.63, 3.8) is 0 Å². The van der Waals surface area contributed by atoms with Crippen LogP contribution in [0.15, 0.2) is 121 Å². The molecule has 0 saturated carbocycles.